The van der Waals surface area contributed by atoms with Crippen LogP contribution >= 0.6 is 0 Å². The fourth-order valence-corrected chi connectivity index (χ4v) is 2.19. The monoisotopic (exact) mass is 242 g/mol. The third-order valence-corrected chi connectivity index (χ3v) is 3.30. The number of nitrogens with one attached hydrogen (secondary N) is 2. The van der Waals surface area contributed by atoms with Crippen molar-refractivity contribution in [3.05, 3.63) is 0 Å². The maximum absolute atomic E-state index is 10.9. The average molecular weight is 242 g/mol. The van der Waals surface area contributed by atoms with Crippen LogP contribution in [0.1, 0.15) is 39.5 Å². The molecular weight excluding hydrogens is 220 g/mol. The Morgan fingerprint density at radius 1 is 1.29 bits per heavy atom. The number of carbonyl (C=O) groups is 2. The Kier molecular flexibility index (Phi) is 5.41. The number of carbonyl (C=O) groups excluding carboxylic acids is 1. The van der Waals surface area contributed by atoms with Gasteiger partial charge in [-0.1, -0.05) is 6.92 Å². The number of carboxylic acids is 1. The first-order chi connectivity index (χ1) is 7.99. The minimum atomic E-state index is -0.989. The number of hydrogen-bond donors (Lipinski definition) is 3. The van der Waals surface area contributed by atoms with Gasteiger partial charge in [-0.2, -0.15) is 0 Å². The molecule has 0 saturated heterocycles. The van der Waals surface area contributed by atoms with E-state index in [1.807, 2.05) is 0 Å². The second-order valence-corrected chi connectivity index (χ2v) is 4.96. The molecule has 0 heterocycles. The van der Waals surface area contributed by atoms with E-state index in [-0.39, 0.29) is 5.91 Å². The highest BCUT2D eigenvalue weighted by Gasteiger charge is 2.22. The van der Waals surface area contributed by atoms with Crippen molar-refractivity contribution in [3.8, 4) is 0 Å². The van der Waals surface area contributed by atoms with E-state index in [1.54, 1.807) is 0 Å². The molecule has 0 aromatic heterocycles. The van der Waals surface area contributed by atoms with Crippen molar-refractivity contribution < 1.29 is 14.7 Å². The Hall–Kier alpha value is -1.10. The Morgan fingerprint density at radius 2 is 1.88 bits per heavy atom. The van der Waals surface area contributed by atoms with Crippen LogP contribution in [0.4, 0.5) is 0 Å². The quantitative estimate of drug-likeness (QED) is 0.664. The van der Waals surface area contributed by atoms with E-state index >= 15 is 0 Å². The van der Waals surface area contributed by atoms with E-state index in [0.717, 1.165) is 18.8 Å². The van der Waals surface area contributed by atoms with E-state index in [9.17, 15) is 9.59 Å². The molecule has 1 aliphatic rings. The van der Waals surface area contributed by atoms with Crippen molar-refractivity contribution in [3.63, 3.8) is 0 Å². The summed E-state index contributed by atoms with van der Waals surface area (Å²) in [5.74, 6) is -0.521. The van der Waals surface area contributed by atoms with Gasteiger partial charge in [0.05, 0.1) is 0 Å². The first kappa shape index (κ1) is 14.0. The fraction of sp³-hybridized carbons (Fsp3) is 0.833. The van der Waals surface area contributed by atoms with Crippen molar-refractivity contribution in [1.29, 1.82) is 0 Å². The number of aliphatic carboxylic acids is 1. The number of carboxylic acid groups (broad SMARTS) is 1. The van der Waals surface area contributed by atoms with E-state index in [4.69, 9.17) is 5.11 Å². The van der Waals surface area contributed by atoms with Gasteiger partial charge in [0.25, 0.3) is 0 Å². The Morgan fingerprint density at radius 3 is 2.35 bits per heavy atom. The molecule has 0 radical (unpaired) electrons. The van der Waals surface area contributed by atoms with Gasteiger partial charge in [-0.25, -0.2) is 4.79 Å². The first-order valence-electron chi connectivity index (χ1n) is 6.22. The highest BCUT2D eigenvalue weighted by molar-refractivity contribution is 5.82. The summed E-state index contributed by atoms with van der Waals surface area (Å²) in [7, 11) is 0. The van der Waals surface area contributed by atoms with Gasteiger partial charge in [0, 0.05) is 19.5 Å². The molecule has 1 unspecified atom stereocenters. The standard InChI is InChI=1S/C12H22N2O3/c1-8-3-5-10(6-4-8)13-7-11(12(16)17)14-9(2)15/h8,10-11,13H,3-7H2,1-2H3,(H,14,15)(H,16,17). The van der Waals surface area contributed by atoms with Crippen LogP contribution in [-0.4, -0.2) is 35.6 Å². The molecule has 3 N–H and O–H groups in total. The van der Waals surface area contributed by atoms with Crippen LogP contribution in [0.2, 0.25) is 0 Å². The lowest BCUT2D eigenvalue weighted by molar-refractivity contribution is -0.141. The molecule has 98 valence electrons. The predicted molar refractivity (Wildman–Crippen MR) is 64.7 cm³/mol. The normalized spacial score (nSPS) is 26.2. The molecule has 17 heavy (non-hydrogen) atoms. The number of rotatable bonds is 5. The summed E-state index contributed by atoms with van der Waals surface area (Å²) < 4.78 is 0. The van der Waals surface area contributed by atoms with Crippen molar-refractivity contribution in [2.45, 2.75) is 51.6 Å². The molecule has 1 fully saturated rings. The van der Waals surface area contributed by atoms with Crippen LogP contribution in [0, 0.1) is 5.92 Å². The number of hydrogen-bond acceptors (Lipinski definition) is 3. The van der Waals surface area contributed by atoms with Crippen molar-refractivity contribution in [2.75, 3.05) is 6.54 Å². The Labute approximate surface area is 102 Å². The van der Waals surface area contributed by atoms with Gasteiger partial charge in [0.15, 0.2) is 0 Å². The minimum absolute atomic E-state index is 0.300. The van der Waals surface area contributed by atoms with E-state index in [0.29, 0.717) is 12.6 Å². The summed E-state index contributed by atoms with van der Waals surface area (Å²) in [6.07, 6.45) is 4.56. The third-order valence-electron chi connectivity index (χ3n) is 3.30. The lowest BCUT2D eigenvalue weighted by atomic mass is 9.87. The van der Waals surface area contributed by atoms with Crippen LogP contribution in [0.3, 0.4) is 0 Å². The Bertz CT molecular complexity index is 273. The summed E-state index contributed by atoms with van der Waals surface area (Å²) in [6.45, 7) is 3.87. The molecule has 1 rings (SSSR count). The zero-order valence-electron chi connectivity index (χ0n) is 10.5. The molecule has 1 aliphatic carbocycles. The molecule has 0 spiro atoms. The predicted octanol–water partition coefficient (Wildman–Crippen LogP) is 0.744. The molecule has 0 aromatic carbocycles. The van der Waals surface area contributed by atoms with Gasteiger partial charge in [-0.3, -0.25) is 4.79 Å². The van der Waals surface area contributed by atoms with Crippen LogP contribution in [-0.2, 0) is 9.59 Å². The average Bonchev–Trinajstić information content (AvgIpc) is 2.25. The van der Waals surface area contributed by atoms with Gasteiger partial charge >= 0.3 is 5.97 Å². The van der Waals surface area contributed by atoms with Crippen LogP contribution < -0.4 is 10.6 Å². The fourth-order valence-electron chi connectivity index (χ4n) is 2.19. The van der Waals surface area contributed by atoms with Gasteiger partial charge in [0.2, 0.25) is 5.91 Å². The topological polar surface area (TPSA) is 78.4 Å². The van der Waals surface area contributed by atoms with Crippen molar-refractivity contribution >= 4 is 11.9 Å². The molecule has 5 heteroatoms. The summed E-state index contributed by atoms with van der Waals surface area (Å²) in [5.41, 5.74) is 0. The summed E-state index contributed by atoms with van der Waals surface area (Å²) in [5, 5.41) is 14.6. The third kappa shape index (κ3) is 5.17. The van der Waals surface area contributed by atoms with Gasteiger partial charge in [-0.05, 0) is 31.6 Å². The van der Waals surface area contributed by atoms with Crippen LogP contribution in [0.15, 0.2) is 0 Å². The van der Waals surface area contributed by atoms with E-state index in [2.05, 4.69) is 17.6 Å². The summed E-state index contributed by atoms with van der Waals surface area (Å²) >= 11 is 0. The zero-order valence-corrected chi connectivity index (χ0v) is 10.5. The molecule has 1 atom stereocenters. The SMILES string of the molecule is CC(=O)NC(CNC1CCC(C)CC1)C(=O)O. The molecule has 0 bridgehead atoms. The van der Waals surface area contributed by atoms with Gasteiger partial charge < -0.3 is 15.7 Å². The highest BCUT2D eigenvalue weighted by atomic mass is 16.4. The number of amides is 1. The molecule has 1 saturated carbocycles. The summed E-state index contributed by atoms with van der Waals surface area (Å²) in [6, 6.07) is -0.436. The smallest absolute Gasteiger partial charge is 0.327 e. The summed E-state index contributed by atoms with van der Waals surface area (Å²) in [4.78, 5) is 21.8. The Balaban J connectivity index is 2.31. The first-order valence-corrected chi connectivity index (χ1v) is 6.22. The van der Waals surface area contributed by atoms with Gasteiger partial charge in [-0.15, -0.1) is 0 Å². The van der Waals surface area contributed by atoms with Gasteiger partial charge in [0.1, 0.15) is 6.04 Å². The highest BCUT2D eigenvalue weighted by Crippen LogP contribution is 2.23. The molecular formula is C12H22N2O3. The lowest BCUT2D eigenvalue weighted by Gasteiger charge is -2.28. The van der Waals surface area contributed by atoms with Crippen molar-refractivity contribution in [1.82, 2.24) is 10.6 Å². The van der Waals surface area contributed by atoms with E-state index < -0.39 is 12.0 Å². The lowest BCUT2D eigenvalue weighted by Crippen LogP contribution is -2.49. The minimum Gasteiger partial charge on any atom is -0.480 e. The van der Waals surface area contributed by atoms with E-state index in [1.165, 1.54) is 19.8 Å². The van der Waals surface area contributed by atoms with Crippen molar-refractivity contribution in [2.24, 2.45) is 5.92 Å². The van der Waals surface area contributed by atoms with Crippen LogP contribution in [0.25, 0.3) is 0 Å². The maximum Gasteiger partial charge on any atom is 0.327 e. The maximum atomic E-state index is 10.9. The molecule has 1 amide bonds. The largest absolute Gasteiger partial charge is 0.480 e. The molecule has 0 aliphatic heterocycles. The van der Waals surface area contributed by atoms with Crippen LogP contribution in [0.5, 0.6) is 0 Å². The zero-order chi connectivity index (χ0) is 12.8. The second-order valence-electron chi connectivity index (χ2n) is 4.96. The molecule has 5 nitrogen and oxygen atoms in total. The second kappa shape index (κ2) is 6.59. The molecule has 0 aromatic rings.